The number of nitrogens with zero attached hydrogens (tertiary/aromatic N) is 2. The fraction of sp³-hybridized carbons (Fsp3) is 0. The Bertz CT molecular complexity index is 982. The number of nitro benzene ring substituents is 1. The normalized spacial score (nSPS) is 15.8. The number of hydrogen-bond acceptors (Lipinski definition) is 5. The average molecular weight is 389 g/mol. The van der Waals surface area contributed by atoms with Gasteiger partial charge < -0.3 is 4.74 Å². The molecule has 0 spiro atoms. The van der Waals surface area contributed by atoms with Crippen molar-refractivity contribution in [2.75, 3.05) is 0 Å². The molecule has 0 N–H and O–H groups in total. The summed E-state index contributed by atoms with van der Waals surface area (Å²) in [6, 6.07) is 13.1. The number of rotatable bonds is 4. The lowest BCUT2D eigenvalue weighted by molar-refractivity contribution is -0.384. The van der Waals surface area contributed by atoms with Crippen molar-refractivity contribution in [3.05, 3.63) is 91.6 Å². The molecular weight excluding hydrogens is 379 g/mol. The first-order valence-corrected chi connectivity index (χ1v) is 8.09. The Morgan fingerprint density at radius 2 is 1.92 bits per heavy atom. The molecule has 0 saturated heterocycles. The van der Waals surface area contributed by atoms with Crippen LogP contribution in [0.1, 0.15) is 11.1 Å². The quantitative estimate of drug-likeness (QED) is 0.328. The molecule has 0 saturated carbocycles. The lowest BCUT2D eigenvalue weighted by Crippen LogP contribution is -2.06. The number of allylic oxidation sites excluding steroid dienone is 2. The van der Waals surface area contributed by atoms with Gasteiger partial charge in [0.05, 0.1) is 15.5 Å². The zero-order chi connectivity index (χ0) is 18.7. The summed E-state index contributed by atoms with van der Waals surface area (Å²) in [5.41, 5.74) is 0.973. The molecule has 1 heterocycles. The van der Waals surface area contributed by atoms with Gasteiger partial charge in [-0.3, -0.25) is 10.1 Å². The highest BCUT2D eigenvalue weighted by Crippen LogP contribution is 2.27. The van der Waals surface area contributed by atoms with Gasteiger partial charge in [0.15, 0.2) is 5.70 Å². The van der Waals surface area contributed by atoms with Gasteiger partial charge in [-0.15, -0.1) is 0 Å². The molecule has 0 unspecified atom stereocenters. The van der Waals surface area contributed by atoms with Crippen molar-refractivity contribution in [1.82, 2.24) is 0 Å². The monoisotopic (exact) mass is 388 g/mol. The summed E-state index contributed by atoms with van der Waals surface area (Å²) in [7, 11) is 0. The van der Waals surface area contributed by atoms with E-state index in [0.717, 1.165) is 11.6 Å². The molecule has 0 aliphatic carbocycles. The first-order valence-electron chi connectivity index (χ1n) is 7.33. The van der Waals surface area contributed by atoms with E-state index in [9.17, 15) is 14.9 Å². The predicted octanol–water partition coefficient (Wildman–Crippen LogP) is 4.72. The van der Waals surface area contributed by atoms with E-state index in [1.54, 1.807) is 6.08 Å². The third-order valence-electron chi connectivity index (χ3n) is 3.39. The van der Waals surface area contributed by atoms with Crippen molar-refractivity contribution in [3.8, 4) is 0 Å². The number of cyclic esters (lactones) is 1. The van der Waals surface area contributed by atoms with Crippen LogP contribution in [-0.2, 0) is 9.53 Å². The van der Waals surface area contributed by atoms with Crippen LogP contribution in [0.2, 0.25) is 5.02 Å². The standard InChI is InChI=1S/C18H10Cl2N2O4/c19-12(8-11-4-2-1-3-5-11)9-16-18(23)26-17(21-16)14-7-6-13(22(24)25)10-15(14)20/h1-10H. The Balaban J connectivity index is 1.90. The summed E-state index contributed by atoms with van der Waals surface area (Å²) in [5, 5.41) is 11.1. The zero-order valence-corrected chi connectivity index (χ0v) is 14.6. The summed E-state index contributed by atoms with van der Waals surface area (Å²) in [5.74, 6) is -0.723. The molecule has 0 aromatic heterocycles. The number of nitro groups is 1. The molecule has 1 aliphatic heterocycles. The van der Waals surface area contributed by atoms with E-state index in [0.29, 0.717) is 5.03 Å². The van der Waals surface area contributed by atoms with Gasteiger partial charge in [-0.1, -0.05) is 53.5 Å². The molecule has 1 aliphatic rings. The summed E-state index contributed by atoms with van der Waals surface area (Å²) >= 11 is 12.2. The summed E-state index contributed by atoms with van der Waals surface area (Å²) < 4.78 is 5.09. The number of esters is 1. The lowest BCUT2D eigenvalue weighted by atomic mass is 10.2. The zero-order valence-electron chi connectivity index (χ0n) is 13.1. The molecule has 0 bridgehead atoms. The first-order chi connectivity index (χ1) is 12.4. The molecular formula is C18H10Cl2N2O4. The van der Waals surface area contributed by atoms with Crippen molar-refractivity contribution in [1.29, 1.82) is 0 Å². The molecule has 26 heavy (non-hydrogen) atoms. The van der Waals surface area contributed by atoms with Crippen LogP contribution < -0.4 is 0 Å². The van der Waals surface area contributed by atoms with E-state index in [2.05, 4.69) is 4.99 Å². The van der Waals surface area contributed by atoms with Gasteiger partial charge in [0, 0.05) is 17.2 Å². The molecule has 0 radical (unpaired) electrons. The highest BCUT2D eigenvalue weighted by Gasteiger charge is 2.26. The summed E-state index contributed by atoms with van der Waals surface area (Å²) in [6.07, 6.45) is 3.05. The smallest absolute Gasteiger partial charge is 0.363 e. The van der Waals surface area contributed by atoms with Crippen LogP contribution in [0.25, 0.3) is 6.08 Å². The second-order valence-corrected chi connectivity index (χ2v) is 6.04. The van der Waals surface area contributed by atoms with Crippen molar-refractivity contribution < 1.29 is 14.5 Å². The molecule has 0 atom stereocenters. The Hall–Kier alpha value is -2.96. The van der Waals surface area contributed by atoms with Crippen molar-refractivity contribution in [2.24, 2.45) is 4.99 Å². The third-order valence-corrected chi connectivity index (χ3v) is 3.92. The molecule has 2 aromatic carbocycles. The molecule has 0 fully saturated rings. The van der Waals surface area contributed by atoms with Crippen LogP contribution in [0.4, 0.5) is 5.69 Å². The summed E-state index contributed by atoms with van der Waals surface area (Å²) in [4.78, 5) is 26.3. The fourth-order valence-corrected chi connectivity index (χ4v) is 2.68. The SMILES string of the molecule is O=C1OC(c2ccc([N+](=O)[O-])cc2Cl)=NC1=CC(Cl)=Cc1ccccc1. The maximum atomic E-state index is 12.0. The van der Waals surface area contributed by atoms with Gasteiger partial charge in [-0.05, 0) is 23.8 Å². The number of non-ortho nitro benzene ring substituents is 1. The van der Waals surface area contributed by atoms with E-state index in [-0.39, 0.29) is 27.9 Å². The number of benzene rings is 2. The van der Waals surface area contributed by atoms with Gasteiger partial charge in [0.1, 0.15) is 0 Å². The minimum absolute atomic E-state index is 0.00611. The van der Waals surface area contributed by atoms with Gasteiger partial charge in [0.2, 0.25) is 5.90 Å². The Kier molecular flexibility index (Phi) is 5.16. The van der Waals surface area contributed by atoms with Crippen LogP contribution in [0, 0.1) is 10.1 Å². The number of hydrogen-bond donors (Lipinski definition) is 0. The Morgan fingerprint density at radius 1 is 1.19 bits per heavy atom. The third kappa shape index (κ3) is 3.99. The highest BCUT2D eigenvalue weighted by atomic mass is 35.5. The lowest BCUT2D eigenvalue weighted by Gasteiger charge is -2.02. The van der Waals surface area contributed by atoms with E-state index < -0.39 is 10.9 Å². The molecule has 6 nitrogen and oxygen atoms in total. The highest BCUT2D eigenvalue weighted by molar-refractivity contribution is 6.35. The maximum Gasteiger partial charge on any atom is 0.363 e. The number of halogens is 2. The Morgan fingerprint density at radius 3 is 2.58 bits per heavy atom. The molecule has 0 amide bonds. The van der Waals surface area contributed by atoms with Crippen molar-refractivity contribution in [2.45, 2.75) is 0 Å². The van der Waals surface area contributed by atoms with E-state index in [1.165, 1.54) is 18.2 Å². The number of carbonyl (C=O) groups is 1. The predicted molar refractivity (Wildman–Crippen MR) is 99.1 cm³/mol. The average Bonchev–Trinajstić information content (AvgIpc) is 2.95. The Labute approximate surface area is 158 Å². The van der Waals surface area contributed by atoms with Gasteiger partial charge >= 0.3 is 5.97 Å². The van der Waals surface area contributed by atoms with Crippen molar-refractivity contribution in [3.63, 3.8) is 0 Å². The van der Waals surface area contributed by atoms with Crippen molar-refractivity contribution >= 4 is 46.8 Å². The minimum Gasteiger partial charge on any atom is -0.402 e. The van der Waals surface area contributed by atoms with Crippen LogP contribution in [0.15, 0.2) is 70.3 Å². The topological polar surface area (TPSA) is 81.8 Å². The van der Waals surface area contributed by atoms with Crippen LogP contribution in [-0.4, -0.2) is 16.8 Å². The van der Waals surface area contributed by atoms with Crippen LogP contribution in [0.5, 0.6) is 0 Å². The first kappa shape index (κ1) is 17.8. The summed E-state index contributed by atoms with van der Waals surface area (Å²) in [6.45, 7) is 0. The molecule has 8 heteroatoms. The van der Waals surface area contributed by atoms with Gasteiger partial charge in [-0.25, -0.2) is 9.79 Å². The minimum atomic E-state index is -0.686. The van der Waals surface area contributed by atoms with E-state index in [1.807, 2.05) is 30.3 Å². The van der Waals surface area contributed by atoms with E-state index >= 15 is 0 Å². The maximum absolute atomic E-state index is 12.0. The van der Waals surface area contributed by atoms with Crippen LogP contribution >= 0.6 is 23.2 Å². The van der Waals surface area contributed by atoms with Crippen LogP contribution in [0.3, 0.4) is 0 Å². The number of ether oxygens (including phenoxy) is 1. The van der Waals surface area contributed by atoms with Gasteiger partial charge in [0.25, 0.3) is 5.69 Å². The number of aliphatic imine (C=N–C) groups is 1. The fourth-order valence-electron chi connectivity index (χ4n) is 2.20. The molecule has 3 rings (SSSR count). The molecule has 130 valence electrons. The van der Waals surface area contributed by atoms with E-state index in [4.69, 9.17) is 27.9 Å². The number of carbonyl (C=O) groups excluding carboxylic acids is 1. The molecule has 2 aromatic rings. The second kappa shape index (κ2) is 7.51. The van der Waals surface area contributed by atoms with Gasteiger partial charge in [-0.2, -0.15) is 0 Å². The largest absolute Gasteiger partial charge is 0.402 e. The second-order valence-electron chi connectivity index (χ2n) is 5.20.